The Morgan fingerprint density at radius 3 is 2.60 bits per heavy atom. The van der Waals surface area contributed by atoms with E-state index in [1.165, 1.54) is 0 Å². The summed E-state index contributed by atoms with van der Waals surface area (Å²) in [6, 6.07) is 7.32. The average molecular weight is 280 g/mol. The minimum absolute atomic E-state index is 0.0556. The van der Waals surface area contributed by atoms with E-state index in [1.807, 2.05) is 31.2 Å². The molecule has 1 amide bonds. The average Bonchev–Trinajstić information content (AvgIpc) is 2.45. The first kappa shape index (κ1) is 16.5. The zero-order valence-electron chi connectivity index (χ0n) is 12.4. The number of ether oxygens (including phenoxy) is 1. The summed E-state index contributed by atoms with van der Waals surface area (Å²) in [5, 5.41) is 9.15. The van der Waals surface area contributed by atoms with Crippen molar-refractivity contribution in [1.29, 1.82) is 0 Å². The smallest absolute Gasteiger partial charge is 0.227 e. The first-order valence-electron chi connectivity index (χ1n) is 6.78. The Balaban J connectivity index is 2.89. The maximum Gasteiger partial charge on any atom is 0.227 e. The predicted octanol–water partition coefficient (Wildman–Crippen LogP) is 0.999. The Kier molecular flexibility index (Phi) is 6.48. The Morgan fingerprint density at radius 2 is 2.05 bits per heavy atom. The number of hydrogen-bond acceptors (Lipinski definition) is 4. The van der Waals surface area contributed by atoms with E-state index in [9.17, 15) is 4.79 Å². The fraction of sp³-hybridized carbons (Fsp3) is 0.533. The Bertz CT molecular complexity index is 435. The van der Waals surface area contributed by atoms with Crippen LogP contribution in [0, 0.1) is 5.92 Å². The lowest BCUT2D eigenvalue weighted by molar-refractivity contribution is -0.136. The largest absolute Gasteiger partial charge is 0.496 e. The first-order valence-corrected chi connectivity index (χ1v) is 6.78. The van der Waals surface area contributed by atoms with Crippen LogP contribution in [0.5, 0.6) is 5.75 Å². The van der Waals surface area contributed by atoms with Crippen LogP contribution in [0.2, 0.25) is 0 Å². The van der Waals surface area contributed by atoms with Crippen LogP contribution in [-0.4, -0.2) is 42.2 Å². The summed E-state index contributed by atoms with van der Waals surface area (Å²) in [6.07, 6.45) is 0. The number of para-hydroxylation sites is 1. The molecule has 0 aliphatic rings. The highest BCUT2D eigenvalue weighted by molar-refractivity contribution is 5.79. The molecule has 0 aliphatic heterocycles. The van der Waals surface area contributed by atoms with Crippen molar-refractivity contribution in [2.45, 2.75) is 26.4 Å². The summed E-state index contributed by atoms with van der Waals surface area (Å²) in [7, 11) is 1.60. The molecule has 0 bridgehead atoms. The molecule has 0 saturated heterocycles. The lowest BCUT2D eigenvalue weighted by Gasteiger charge is -2.27. The lowest BCUT2D eigenvalue weighted by atomic mass is 10.0. The van der Waals surface area contributed by atoms with E-state index < -0.39 is 0 Å². The second-order valence-electron chi connectivity index (χ2n) is 4.94. The number of rotatable bonds is 7. The highest BCUT2D eigenvalue weighted by Crippen LogP contribution is 2.20. The number of amides is 1. The van der Waals surface area contributed by atoms with E-state index in [-0.39, 0.29) is 31.0 Å². The van der Waals surface area contributed by atoms with Crippen LogP contribution in [0.15, 0.2) is 24.3 Å². The van der Waals surface area contributed by atoms with Gasteiger partial charge in [-0.15, -0.1) is 0 Å². The molecule has 5 nitrogen and oxygen atoms in total. The van der Waals surface area contributed by atoms with E-state index >= 15 is 0 Å². The number of carbonyl (C=O) groups is 1. The molecule has 0 radical (unpaired) electrons. The van der Waals surface area contributed by atoms with Crippen LogP contribution >= 0.6 is 0 Å². The summed E-state index contributed by atoms with van der Waals surface area (Å²) < 4.78 is 5.29. The van der Waals surface area contributed by atoms with Crippen molar-refractivity contribution in [1.82, 2.24) is 4.90 Å². The molecule has 0 aliphatic carbocycles. The number of nitrogens with zero attached hydrogens (tertiary/aromatic N) is 1. The number of carbonyl (C=O) groups excluding carboxylic acids is 1. The van der Waals surface area contributed by atoms with Crippen molar-refractivity contribution in [3.8, 4) is 5.75 Å². The van der Waals surface area contributed by atoms with Gasteiger partial charge in [0.25, 0.3) is 0 Å². The van der Waals surface area contributed by atoms with Gasteiger partial charge < -0.3 is 20.5 Å². The highest BCUT2D eigenvalue weighted by Gasteiger charge is 2.23. The highest BCUT2D eigenvalue weighted by atomic mass is 16.5. The Hall–Kier alpha value is -1.59. The molecule has 112 valence electrons. The normalized spacial score (nSPS) is 13.7. The third-order valence-electron chi connectivity index (χ3n) is 3.41. The van der Waals surface area contributed by atoms with Gasteiger partial charge in [0.1, 0.15) is 5.75 Å². The fourth-order valence-electron chi connectivity index (χ4n) is 1.94. The Labute approximate surface area is 120 Å². The van der Waals surface area contributed by atoms with Crippen LogP contribution in [0.3, 0.4) is 0 Å². The Morgan fingerprint density at radius 1 is 1.40 bits per heavy atom. The van der Waals surface area contributed by atoms with Gasteiger partial charge in [0.2, 0.25) is 5.91 Å². The minimum atomic E-state index is -0.281. The third kappa shape index (κ3) is 4.21. The van der Waals surface area contributed by atoms with E-state index in [4.69, 9.17) is 15.6 Å². The molecular weight excluding hydrogens is 256 g/mol. The summed E-state index contributed by atoms with van der Waals surface area (Å²) in [4.78, 5) is 14.0. The summed E-state index contributed by atoms with van der Waals surface area (Å²) in [5.74, 6) is 0.396. The number of hydrogen-bond donors (Lipinski definition) is 2. The summed E-state index contributed by atoms with van der Waals surface area (Å²) in [5.41, 5.74) is 6.70. The molecule has 0 heterocycles. The molecule has 2 unspecified atom stereocenters. The van der Waals surface area contributed by atoms with Gasteiger partial charge >= 0.3 is 0 Å². The second kappa shape index (κ2) is 7.87. The molecular formula is C15H24N2O3. The minimum Gasteiger partial charge on any atom is -0.496 e. The maximum absolute atomic E-state index is 12.4. The van der Waals surface area contributed by atoms with E-state index in [1.54, 1.807) is 18.9 Å². The van der Waals surface area contributed by atoms with Crippen molar-refractivity contribution in [3.05, 3.63) is 29.8 Å². The molecule has 1 aromatic carbocycles. The molecule has 2 atom stereocenters. The fourth-order valence-corrected chi connectivity index (χ4v) is 1.94. The van der Waals surface area contributed by atoms with Crippen molar-refractivity contribution >= 4 is 5.91 Å². The molecule has 0 fully saturated rings. The molecule has 1 aromatic rings. The van der Waals surface area contributed by atoms with Crippen molar-refractivity contribution in [3.63, 3.8) is 0 Å². The second-order valence-corrected chi connectivity index (χ2v) is 4.94. The molecule has 3 N–H and O–H groups in total. The molecule has 0 saturated carbocycles. The van der Waals surface area contributed by atoms with Gasteiger partial charge in [0.15, 0.2) is 0 Å². The maximum atomic E-state index is 12.4. The van der Waals surface area contributed by atoms with Gasteiger partial charge in [-0.25, -0.2) is 0 Å². The predicted molar refractivity (Wildman–Crippen MR) is 78.3 cm³/mol. The molecule has 20 heavy (non-hydrogen) atoms. The van der Waals surface area contributed by atoms with E-state index in [2.05, 4.69) is 0 Å². The van der Waals surface area contributed by atoms with Crippen LogP contribution in [0.4, 0.5) is 0 Å². The number of methoxy groups -OCH3 is 1. The lowest BCUT2D eigenvalue weighted by Crippen LogP contribution is -2.42. The monoisotopic (exact) mass is 280 g/mol. The molecule has 0 aromatic heterocycles. The topological polar surface area (TPSA) is 75.8 Å². The van der Waals surface area contributed by atoms with Crippen LogP contribution in [0.1, 0.15) is 19.4 Å². The van der Waals surface area contributed by atoms with E-state index in [0.717, 1.165) is 11.3 Å². The standard InChI is InChI=1S/C15H24N2O3/c1-11(12(2)16)15(19)17(8-9-18)10-13-6-4-5-7-14(13)20-3/h4-7,11-12,18H,8-10,16H2,1-3H3. The number of aliphatic hydroxyl groups excluding tert-OH is 1. The van der Waals surface area contributed by atoms with Gasteiger partial charge in [-0.05, 0) is 13.0 Å². The van der Waals surface area contributed by atoms with Crippen molar-refractivity contribution in [2.24, 2.45) is 11.7 Å². The number of aliphatic hydroxyl groups is 1. The molecule has 0 spiro atoms. The third-order valence-corrected chi connectivity index (χ3v) is 3.41. The number of nitrogens with two attached hydrogens (primary N) is 1. The zero-order valence-corrected chi connectivity index (χ0v) is 12.4. The van der Waals surface area contributed by atoms with Crippen LogP contribution in [0.25, 0.3) is 0 Å². The first-order chi connectivity index (χ1) is 9.51. The number of benzene rings is 1. The zero-order chi connectivity index (χ0) is 15.1. The van der Waals surface area contributed by atoms with Gasteiger partial charge in [-0.2, -0.15) is 0 Å². The van der Waals surface area contributed by atoms with Crippen LogP contribution in [-0.2, 0) is 11.3 Å². The molecule has 1 rings (SSSR count). The molecule has 5 heteroatoms. The summed E-state index contributed by atoms with van der Waals surface area (Å²) >= 11 is 0. The van der Waals surface area contributed by atoms with Gasteiger partial charge in [0, 0.05) is 24.7 Å². The van der Waals surface area contributed by atoms with Gasteiger partial charge in [0.05, 0.1) is 19.6 Å². The van der Waals surface area contributed by atoms with E-state index in [0.29, 0.717) is 6.54 Å². The van der Waals surface area contributed by atoms with Gasteiger partial charge in [-0.1, -0.05) is 25.1 Å². The summed E-state index contributed by atoms with van der Waals surface area (Å²) in [6.45, 7) is 4.23. The van der Waals surface area contributed by atoms with Crippen LogP contribution < -0.4 is 10.5 Å². The SMILES string of the molecule is COc1ccccc1CN(CCO)C(=O)C(C)C(C)N. The van der Waals surface area contributed by atoms with Crippen molar-refractivity contribution in [2.75, 3.05) is 20.3 Å². The quantitative estimate of drug-likeness (QED) is 0.781. The van der Waals surface area contributed by atoms with Gasteiger partial charge in [-0.3, -0.25) is 4.79 Å². The van der Waals surface area contributed by atoms with Crippen molar-refractivity contribution < 1.29 is 14.6 Å².